The molecule has 0 aliphatic rings. The summed E-state index contributed by atoms with van der Waals surface area (Å²) >= 11 is 4.23. The number of methoxy groups -OCH3 is 1. The zero-order valence-corrected chi connectivity index (χ0v) is 18.7. The molecular formula is C19H20N4O3S3. The Morgan fingerprint density at radius 3 is 2.79 bits per heavy atom. The third-order valence-electron chi connectivity index (χ3n) is 4.21. The normalized spacial score (nSPS) is 10.7. The number of aromatic nitrogens is 3. The molecule has 3 aromatic heterocycles. The number of hydrogen-bond acceptors (Lipinski definition) is 8. The molecule has 1 amide bonds. The monoisotopic (exact) mass is 448 g/mol. The van der Waals surface area contributed by atoms with E-state index in [1.54, 1.807) is 28.9 Å². The number of carbonyl (C=O) groups excluding carboxylic acids is 2. The molecule has 0 aliphatic carbocycles. The van der Waals surface area contributed by atoms with E-state index in [4.69, 9.17) is 4.74 Å². The van der Waals surface area contributed by atoms with Crippen LogP contribution in [0.4, 0.5) is 5.00 Å². The van der Waals surface area contributed by atoms with Crippen LogP contribution in [0.15, 0.2) is 34.6 Å². The molecule has 0 atom stereocenters. The fourth-order valence-corrected chi connectivity index (χ4v) is 4.99. The molecule has 0 saturated heterocycles. The lowest BCUT2D eigenvalue weighted by atomic mass is 10.1. The SMILES string of the molecule is C=CCn1c(SCC(=O)Nc2sccc2C(=O)OC)nnc1-c1csc(C)c1C. The standard InChI is InChI=1S/C19H20N4O3S3/c1-5-7-23-16(14-9-28-12(3)11(14)2)21-22-19(23)29-10-15(24)20-17-13(6-8-27-17)18(25)26-4/h5-6,8-9H,1,7,10H2,2-4H3,(H,20,24). The number of allylic oxidation sites excluding steroid dienone is 1. The molecule has 0 aromatic carbocycles. The predicted molar refractivity (Wildman–Crippen MR) is 118 cm³/mol. The van der Waals surface area contributed by atoms with E-state index in [2.05, 4.69) is 41.3 Å². The topological polar surface area (TPSA) is 86.1 Å². The van der Waals surface area contributed by atoms with Gasteiger partial charge in [-0.3, -0.25) is 9.36 Å². The summed E-state index contributed by atoms with van der Waals surface area (Å²) in [5, 5.41) is 16.3. The number of carbonyl (C=O) groups is 2. The van der Waals surface area contributed by atoms with Gasteiger partial charge in [0.2, 0.25) is 5.91 Å². The number of aryl methyl sites for hydroxylation is 1. The zero-order valence-electron chi connectivity index (χ0n) is 16.2. The highest BCUT2D eigenvalue weighted by Crippen LogP contribution is 2.32. The van der Waals surface area contributed by atoms with Gasteiger partial charge in [-0.15, -0.1) is 39.4 Å². The highest BCUT2D eigenvalue weighted by atomic mass is 32.2. The molecule has 10 heteroatoms. The summed E-state index contributed by atoms with van der Waals surface area (Å²) in [7, 11) is 1.31. The molecule has 152 valence electrons. The molecule has 7 nitrogen and oxygen atoms in total. The van der Waals surface area contributed by atoms with Crippen molar-refractivity contribution in [2.24, 2.45) is 0 Å². The van der Waals surface area contributed by atoms with E-state index in [0.29, 0.717) is 22.3 Å². The Morgan fingerprint density at radius 1 is 1.34 bits per heavy atom. The van der Waals surface area contributed by atoms with Gasteiger partial charge in [0, 0.05) is 22.4 Å². The summed E-state index contributed by atoms with van der Waals surface area (Å²) in [5.41, 5.74) is 2.56. The Hall–Kier alpha value is -2.43. The van der Waals surface area contributed by atoms with Crippen LogP contribution in [0, 0.1) is 13.8 Å². The summed E-state index contributed by atoms with van der Waals surface area (Å²) < 4.78 is 6.67. The fraction of sp³-hybridized carbons (Fsp3) is 0.263. The minimum Gasteiger partial charge on any atom is -0.465 e. The van der Waals surface area contributed by atoms with Crippen molar-refractivity contribution < 1.29 is 14.3 Å². The van der Waals surface area contributed by atoms with E-state index < -0.39 is 5.97 Å². The first-order valence-electron chi connectivity index (χ1n) is 8.63. The van der Waals surface area contributed by atoms with Crippen molar-refractivity contribution in [1.82, 2.24) is 14.8 Å². The van der Waals surface area contributed by atoms with E-state index in [1.807, 2.05) is 4.57 Å². The van der Waals surface area contributed by atoms with Crippen LogP contribution in [0.25, 0.3) is 11.4 Å². The lowest BCUT2D eigenvalue weighted by molar-refractivity contribution is -0.113. The number of ether oxygens (including phenoxy) is 1. The first kappa shape index (κ1) is 21.3. The zero-order chi connectivity index (χ0) is 21.0. The highest BCUT2D eigenvalue weighted by Gasteiger charge is 2.19. The van der Waals surface area contributed by atoms with Crippen LogP contribution in [-0.2, 0) is 16.1 Å². The Labute approximate surface area is 180 Å². The Bertz CT molecular complexity index is 1050. The molecule has 29 heavy (non-hydrogen) atoms. The predicted octanol–water partition coefficient (Wildman–Crippen LogP) is 4.39. The minimum atomic E-state index is -0.481. The van der Waals surface area contributed by atoms with Crippen molar-refractivity contribution in [2.75, 3.05) is 18.2 Å². The van der Waals surface area contributed by atoms with Gasteiger partial charge < -0.3 is 10.1 Å². The maximum Gasteiger partial charge on any atom is 0.340 e. The lowest BCUT2D eigenvalue weighted by Gasteiger charge is -2.08. The molecule has 3 rings (SSSR count). The Morgan fingerprint density at radius 2 is 2.14 bits per heavy atom. The van der Waals surface area contributed by atoms with Gasteiger partial charge in [0.1, 0.15) is 5.00 Å². The van der Waals surface area contributed by atoms with Gasteiger partial charge in [0.05, 0.1) is 18.4 Å². The molecule has 0 fully saturated rings. The largest absolute Gasteiger partial charge is 0.465 e. The number of hydrogen-bond donors (Lipinski definition) is 1. The molecule has 0 unspecified atom stereocenters. The van der Waals surface area contributed by atoms with Crippen LogP contribution in [0.1, 0.15) is 20.8 Å². The Balaban J connectivity index is 1.73. The van der Waals surface area contributed by atoms with Gasteiger partial charge in [-0.2, -0.15) is 0 Å². The number of anilines is 1. The van der Waals surface area contributed by atoms with Crippen LogP contribution in [-0.4, -0.2) is 39.5 Å². The summed E-state index contributed by atoms with van der Waals surface area (Å²) in [6.07, 6.45) is 1.78. The van der Waals surface area contributed by atoms with Gasteiger partial charge in [-0.05, 0) is 30.9 Å². The van der Waals surface area contributed by atoms with Gasteiger partial charge in [0.15, 0.2) is 11.0 Å². The van der Waals surface area contributed by atoms with Gasteiger partial charge in [-0.25, -0.2) is 4.79 Å². The highest BCUT2D eigenvalue weighted by molar-refractivity contribution is 7.99. The maximum atomic E-state index is 12.4. The molecule has 0 radical (unpaired) electrons. The molecule has 0 saturated carbocycles. The lowest BCUT2D eigenvalue weighted by Crippen LogP contribution is -2.16. The molecule has 3 heterocycles. The van der Waals surface area contributed by atoms with Crippen LogP contribution in [0.2, 0.25) is 0 Å². The third kappa shape index (κ3) is 4.60. The second-order valence-corrected chi connectivity index (χ2v) is 8.97. The number of nitrogens with zero attached hydrogens (tertiary/aromatic N) is 3. The third-order valence-corrected chi connectivity index (χ3v) is 7.02. The number of rotatable bonds is 8. The van der Waals surface area contributed by atoms with Crippen molar-refractivity contribution in [3.05, 3.63) is 45.5 Å². The van der Waals surface area contributed by atoms with Crippen molar-refractivity contribution in [2.45, 2.75) is 25.5 Å². The molecule has 3 aromatic rings. The minimum absolute atomic E-state index is 0.134. The average Bonchev–Trinajstić information content (AvgIpc) is 3.41. The summed E-state index contributed by atoms with van der Waals surface area (Å²) in [6.45, 7) is 8.49. The second kappa shape index (κ2) is 9.38. The van der Waals surface area contributed by atoms with Crippen LogP contribution >= 0.6 is 34.4 Å². The van der Waals surface area contributed by atoms with Gasteiger partial charge in [0.25, 0.3) is 0 Å². The van der Waals surface area contributed by atoms with Crippen LogP contribution in [0.3, 0.4) is 0 Å². The van der Waals surface area contributed by atoms with E-state index in [1.165, 1.54) is 40.6 Å². The summed E-state index contributed by atoms with van der Waals surface area (Å²) in [5.74, 6) is 0.182. The van der Waals surface area contributed by atoms with E-state index in [9.17, 15) is 9.59 Å². The average molecular weight is 449 g/mol. The van der Waals surface area contributed by atoms with E-state index in [-0.39, 0.29) is 11.7 Å². The molecule has 0 aliphatic heterocycles. The molecular weight excluding hydrogens is 428 g/mol. The first-order chi connectivity index (χ1) is 14.0. The van der Waals surface area contributed by atoms with Crippen molar-refractivity contribution in [3.8, 4) is 11.4 Å². The molecule has 0 spiro atoms. The molecule has 0 bridgehead atoms. The van der Waals surface area contributed by atoms with Crippen LogP contribution < -0.4 is 5.32 Å². The number of nitrogens with one attached hydrogen (secondary N) is 1. The quantitative estimate of drug-likeness (QED) is 0.312. The fourth-order valence-electron chi connectivity index (χ4n) is 2.59. The summed E-state index contributed by atoms with van der Waals surface area (Å²) in [6, 6.07) is 1.62. The molecule has 1 N–H and O–H groups in total. The number of thioether (sulfide) groups is 1. The van der Waals surface area contributed by atoms with E-state index in [0.717, 1.165) is 11.4 Å². The van der Waals surface area contributed by atoms with Crippen molar-refractivity contribution in [3.63, 3.8) is 0 Å². The van der Waals surface area contributed by atoms with Crippen LogP contribution in [0.5, 0.6) is 0 Å². The summed E-state index contributed by atoms with van der Waals surface area (Å²) in [4.78, 5) is 25.4. The smallest absolute Gasteiger partial charge is 0.340 e. The first-order valence-corrected chi connectivity index (χ1v) is 11.4. The number of amides is 1. The number of thiophene rings is 2. The van der Waals surface area contributed by atoms with Gasteiger partial charge in [-0.1, -0.05) is 17.8 Å². The van der Waals surface area contributed by atoms with Gasteiger partial charge >= 0.3 is 5.97 Å². The maximum absolute atomic E-state index is 12.4. The van der Waals surface area contributed by atoms with E-state index >= 15 is 0 Å². The Kier molecular flexibility index (Phi) is 6.88. The van der Waals surface area contributed by atoms with Crippen molar-refractivity contribution in [1.29, 1.82) is 0 Å². The van der Waals surface area contributed by atoms with Crippen molar-refractivity contribution >= 4 is 51.3 Å². The number of esters is 1. The second-order valence-electron chi connectivity index (χ2n) is 6.03.